The summed E-state index contributed by atoms with van der Waals surface area (Å²) in [6.45, 7) is 1.45. The average Bonchev–Trinajstić information content (AvgIpc) is 3.09. The van der Waals surface area contributed by atoms with Crippen LogP contribution in [0.2, 0.25) is 5.02 Å². The predicted octanol–water partition coefficient (Wildman–Crippen LogP) is 5.18. The van der Waals surface area contributed by atoms with Crippen LogP contribution in [-0.2, 0) is 9.59 Å². The van der Waals surface area contributed by atoms with Gasteiger partial charge in [0, 0.05) is 21.8 Å². The van der Waals surface area contributed by atoms with Gasteiger partial charge in [0.05, 0.1) is 18.7 Å². The molecule has 7 heteroatoms. The Labute approximate surface area is 195 Å². The summed E-state index contributed by atoms with van der Waals surface area (Å²) in [4.78, 5) is 39.3. The van der Waals surface area contributed by atoms with E-state index in [2.05, 4.69) is 0 Å². The van der Waals surface area contributed by atoms with Crippen LogP contribution in [0.1, 0.15) is 34.5 Å². The minimum Gasteiger partial charge on any atom is -0.507 e. The molecule has 0 radical (unpaired) electrons. The van der Waals surface area contributed by atoms with E-state index in [0.29, 0.717) is 33.1 Å². The van der Waals surface area contributed by atoms with Gasteiger partial charge in [0.1, 0.15) is 11.5 Å². The van der Waals surface area contributed by atoms with Gasteiger partial charge in [-0.2, -0.15) is 0 Å². The summed E-state index contributed by atoms with van der Waals surface area (Å²) < 4.78 is 5.22. The molecule has 1 amide bonds. The number of Topliss-reactive ketones (excluding diaryl/α,β-unsaturated/α-hetero) is 2. The summed E-state index contributed by atoms with van der Waals surface area (Å²) in [5, 5.41) is 11.6. The van der Waals surface area contributed by atoms with E-state index in [-0.39, 0.29) is 17.1 Å². The highest BCUT2D eigenvalue weighted by atomic mass is 35.5. The van der Waals surface area contributed by atoms with Crippen LogP contribution in [0.3, 0.4) is 0 Å². The highest BCUT2D eigenvalue weighted by Gasteiger charge is 2.47. The monoisotopic (exact) mass is 461 g/mol. The predicted molar refractivity (Wildman–Crippen MR) is 126 cm³/mol. The SMILES string of the molecule is COc1ccc(C2/C(=C(\O)c3ccc(Cl)cc3)C(=O)C(=O)N2c2ccc(C(C)=O)cc2)cc1. The van der Waals surface area contributed by atoms with Crippen molar-refractivity contribution in [2.75, 3.05) is 12.0 Å². The highest BCUT2D eigenvalue weighted by Crippen LogP contribution is 2.42. The maximum Gasteiger partial charge on any atom is 0.300 e. The van der Waals surface area contributed by atoms with Gasteiger partial charge in [0.2, 0.25) is 0 Å². The number of carbonyl (C=O) groups is 3. The van der Waals surface area contributed by atoms with E-state index in [1.807, 2.05) is 0 Å². The van der Waals surface area contributed by atoms with Gasteiger partial charge in [-0.1, -0.05) is 23.7 Å². The molecule has 33 heavy (non-hydrogen) atoms. The number of hydrogen-bond donors (Lipinski definition) is 1. The smallest absolute Gasteiger partial charge is 0.300 e. The van der Waals surface area contributed by atoms with Crippen LogP contribution in [0, 0.1) is 0 Å². The standard InChI is InChI=1S/C26H20ClNO5/c1-15(29)16-5-11-20(12-6-16)28-23(17-7-13-21(33-2)14-8-17)22(25(31)26(28)32)24(30)18-3-9-19(27)10-4-18/h3-14,23,30H,1-2H3/b24-22+. The topological polar surface area (TPSA) is 83.9 Å². The van der Waals surface area contributed by atoms with Crippen molar-refractivity contribution in [2.24, 2.45) is 0 Å². The number of ketones is 2. The van der Waals surface area contributed by atoms with E-state index in [9.17, 15) is 19.5 Å². The molecule has 0 aromatic heterocycles. The number of aliphatic hydroxyl groups excluding tert-OH is 1. The van der Waals surface area contributed by atoms with Gasteiger partial charge >= 0.3 is 0 Å². The number of hydrogen-bond acceptors (Lipinski definition) is 5. The average molecular weight is 462 g/mol. The van der Waals surface area contributed by atoms with Gasteiger partial charge in [-0.3, -0.25) is 19.3 Å². The fraction of sp³-hybridized carbons (Fsp3) is 0.115. The molecule has 0 bridgehead atoms. The molecule has 3 aromatic carbocycles. The molecule has 6 nitrogen and oxygen atoms in total. The second kappa shape index (κ2) is 8.92. The number of benzene rings is 3. The van der Waals surface area contributed by atoms with Gasteiger partial charge in [-0.05, 0) is 73.2 Å². The number of carbonyl (C=O) groups excluding carboxylic acids is 3. The Morgan fingerprint density at radius 2 is 1.48 bits per heavy atom. The molecule has 1 N–H and O–H groups in total. The number of halogens is 1. The lowest BCUT2D eigenvalue weighted by Crippen LogP contribution is -2.29. The number of anilines is 1. The summed E-state index contributed by atoms with van der Waals surface area (Å²) >= 11 is 5.96. The first-order valence-electron chi connectivity index (χ1n) is 10.1. The van der Waals surface area contributed by atoms with E-state index in [1.54, 1.807) is 72.8 Å². The fourth-order valence-electron chi connectivity index (χ4n) is 3.82. The van der Waals surface area contributed by atoms with E-state index in [1.165, 1.54) is 18.9 Å². The zero-order chi connectivity index (χ0) is 23.7. The van der Waals surface area contributed by atoms with E-state index in [4.69, 9.17) is 16.3 Å². The minimum absolute atomic E-state index is 0.0388. The molecule has 1 aliphatic rings. The summed E-state index contributed by atoms with van der Waals surface area (Å²) in [7, 11) is 1.54. The summed E-state index contributed by atoms with van der Waals surface area (Å²) in [5.74, 6) is -1.38. The van der Waals surface area contributed by atoms with Crippen molar-refractivity contribution in [3.05, 3.63) is 100 Å². The first kappa shape index (κ1) is 22.3. The van der Waals surface area contributed by atoms with Crippen LogP contribution in [0.5, 0.6) is 5.75 Å². The Morgan fingerprint density at radius 1 is 0.909 bits per heavy atom. The Balaban J connectivity index is 1.90. The maximum atomic E-state index is 13.2. The van der Waals surface area contributed by atoms with Crippen molar-refractivity contribution in [3.8, 4) is 5.75 Å². The third kappa shape index (κ3) is 4.13. The normalized spacial score (nSPS) is 17.3. The molecule has 1 atom stereocenters. The number of amides is 1. The Bertz CT molecular complexity index is 1260. The van der Waals surface area contributed by atoms with E-state index < -0.39 is 17.7 Å². The van der Waals surface area contributed by atoms with Crippen molar-refractivity contribution >= 4 is 40.5 Å². The molecule has 1 heterocycles. The lowest BCUT2D eigenvalue weighted by Gasteiger charge is -2.25. The largest absolute Gasteiger partial charge is 0.507 e. The Morgan fingerprint density at radius 3 is 2.03 bits per heavy atom. The maximum absolute atomic E-state index is 13.2. The van der Waals surface area contributed by atoms with E-state index in [0.717, 1.165) is 0 Å². The molecular weight excluding hydrogens is 442 g/mol. The number of nitrogens with zero attached hydrogens (tertiary/aromatic N) is 1. The number of methoxy groups -OCH3 is 1. The molecule has 166 valence electrons. The van der Waals surface area contributed by atoms with Crippen LogP contribution in [0.4, 0.5) is 5.69 Å². The molecule has 0 aliphatic carbocycles. The third-order valence-corrected chi connectivity index (χ3v) is 5.80. The molecule has 3 aromatic rings. The Kier molecular flexibility index (Phi) is 6.03. The Hall–Kier alpha value is -3.90. The quantitative estimate of drug-likeness (QED) is 0.245. The molecule has 0 spiro atoms. The lowest BCUT2D eigenvalue weighted by atomic mass is 9.95. The number of ether oxygens (including phenoxy) is 1. The van der Waals surface area contributed by atoms with Gasteiger partial charge in [-0.15, -0.1) is 0 Å². The third-order valence-electron chi connectivity index (χ3n) is 5.55. The molecular formula is C26H20ClNO5. The summed E-state index contributed by atoms with van der Waals surface area (Å²) in [6.07, 6.45) is 0. The first-order chi connectivity index (χ1) is 15.8. The fourth-order valence-corrected chi connectivity index (χ4v) is 3.95. The number of rotatable bonds is 5. The second-order valence-electron chi connectivity index (χ2n) is 7.55. The van der Waals surface area contributed by atoms with Crippen molar-refractivity contribution < 1.29 is 24.2 Å². The van der Waals surface area contributed by atoms with Crippen molar-refractivity contribution in [2.45, 2.75) is 13.0 Å². The van der Waals surface area contributed by atoms with Crippen LogP contribution < -0.4 is 9.64 Å². The van der Waals surface area contributed by atoms with Gasteiger partial charge in [-0.25, -0.2) is 0 Å². The van der Waals surface area contributed by atoms with Crippen molar-refractivity contribution in [1.82, 2.24) is 0 Å². The van der Waals surface area contributed by atoms with Crippen molar-refractivity contribution in [3.63, 3.8) is 0 Å². The van der Waals surface area contributed by atoms with Gasteiger partial charge in [0.25, 0.3) is 11.7 Å². The van der Waals surface area contributed by atoms with Crippen molar-refractivity contribution in [1.29, 1.82) is 0 Å². The van der Waals surface area contributed by atoms with Gasteiger partial charge in [0.15, 0.2) is 5.78 Å². The zero-order valence-electron chi connectivity index (χ0n) is 17.9. The lowest BCUT2D eigenvalue weighted by molar-refractivity contribution is -0.132. The second-order valence-corrected chi connectivity index (χ2v) is 7.99. The molecule has 1 saturated heterocycles. The molecule has 1 aliphatic heterocycles. The van der Waals surface area contributed by atoms with Crippen LogP contribution >= 0.6 is 11.6 Å². The van der Waals surface area contributed by atoms with E-state index >= 15 is 0 Å². The summed E-state index contributed by atoms with van der Waals surface area (Å²) in [5.41, 5.74) is 1.85. The first-order valence-corrected chi connectivity index (χ1v) is 10.5. The molecule has 1 fully saturated rings. The van der Waals surface area contributed by atoms with Crippen LogP contribution in [0.15, 0.2) is 78.4 Å². The zero-order valence-corrected chi connectivity index (χ0v) is 18.7. The van der Waals surface area contributed by atoms with Crippen LogP contribution in [0.25, 0.3) is 5.76 Å². The molecule has 1 unspecified atom stereocenters. The van der Waals surface area contributed by atoms with Gasteiger partial charge < -0.3 is 9.84 Å². The van der Waals surface area contributed by atoms with Crippen LogP contribution in [-0.4, -0.2) is 29.7 Å². The molecule has 4 rings (SSSR count). The number of aliphatic hydroxyl groups is 1. The molecule has 0 saturated carbocycles. The highest BCUT2D eigenvalue weighted by molar-refractivity contribution is 6.51. The minimum atomic E-state index is -0.880. The summed E-state index contributed by atoms with van der Waals surface area (Å²) in [6, 6.07) is 18.8.